The number of hydrogen-bond acceptors (Lipinski definition) is 5. The van der Waals surface area contributed by atoms with Crippen molar-refractivity contribution in [3.8, 4) is 0 Å². The van der Waals surface area contributed by atoms with E-state index in [2.05, 4.69) is 10.3 Å². The molecule has 6 nitrogen and oxygen atoms in total. The van der Waals surface area contributed by atoms with Crippen LogP contribution in [0.4, 0.5) is 10.5 Å². The highest BCUT2D eigenvalue weighted by Gasteiger charge is 2.23. The number of fused-ring (bicyclic) bond motifs is 1. The lowest BCUT2D eigenvalue weighted by Gasteiger charge is -2.19. The van der Waals surface area contributed by atoms with Gasteiger partial charge in [0.15, 0.2) is 0 Å². The van der Waals surface area contributed by atoms with Crippen molar-refractivity contribution < 1.29 is 19.4 Å². The Kier molecular flexibility index (Phi) is 4.61. The maximum atomic E-state index is 12.0. The van der Waals surface area contributed by atoms with E-state index in [1.165, 1.54) is 0 Å². The van der Waals surface area contributed by atoms with Crippen LogP contribution in [-0.4, -0.2) is 27.8 Å². The predicted octanol–water partition coefficient (Wildman–Crippen LogP) is 4.46. The Morgan fingerprint density at radius 1 is 1.30 bits per heavy atom. The second kappa shape index (κ2) is 6.16. The summed E-state index contributed by atoms with van der Waals surface area (Å²) in [5.41, 5.74) is 0.441. The molecule has 0 atom stereocenters. The van der Waals surface area contributed by atoms with Gasteiger partial charge in [0, 0.05) is 11.1 Å². The predicted molar refractivity (Wildman–Crippen MR) is 90.5 cm³/mol. The van der Waals surface area contributed by atoms with Gasteiger partial charge in [-0.2, -0.15) is 0 Å². The molecule has 2 rings (SSSR count). The van der Waals surface area contributed by atoms with E-state index in [0.29, 0.717) is 10.2 Å². The number of ether oxygens (including phenoxy) is 1. The number of rotatable bonds is 3. The van der Waals surface area contributed by atoms with Crippen LogP contribution in [0, 0.1) is 0 Å². The molecular formula is C16H20N2O4S. The topological polar surface area (TPSA) is 88.5 Å². The first kappa shape index (κ1) is 17.2. The highest BCUT2D eigenvalue weighted by atomic mass is 32.1. The molecule has 0 aliphatic rings. The number of carboxylic acids is 1. The van der Waals surface area contributed by atoms with Gasteiger partial charge in [-0.1, -0.05) is 13.8 Å². The highest BCUT2D eigenvalue weighted by Crippen LogP contribution is 2.36. The van der Waals surface area contributed by atoms with Gasteiger partial charge in [-0.25, -0.2) is 14.6 Å². The fraction of sp³-hybridized carbons (Fsp3) is 0.438. The first-order valence-corrected chi connectivity index (χ1v) is 8.07. The van der Waals surface area contributed by atoms with Gasteiger partial charge in [0.05, 0.1) is 5.69 Å². The lowest BCUT2D eigenvalue weighted by molar-refractivity contribution is 0.0636. The van der Waals surface area contributed by atoms with Gasteiger partial charge in [-0.15, -0.1) is 11.3 Å². The number of amides is 1. The van der Waals surface area contributed by atoms with E-state index in [4.69, 9.17) is 4.74 Å². The number of nitrogens with one attached hydrogen (secondary N) is 1. The molecule has 0 unspecified atom stereocenters. The van der Waals surface area contributed by atoms with Crippen LogP contribution in [0.15, 0.2) is 12.1 Å². The van der Waals surface area contributed by atoms with Gasteiger partial charge in [0.25, 0.3) is 0 Å². The number of aromatic carboxylic acids is 1. The van der Waals surface area contributed by atoms with Crippen molar-refractivity contribution in [3.05, 3.63) is 22.7 Å². The summed E-state index contributed by atoms with van der Waals surface area (Å²) in [6.45, 7) is 9.26. The Morgan fingerprint density at radius 3 is 2.48 bits per heavy atom. The molecule has 0 aliphatic heterocycles. The second-order valence-electron chi connectivity index (χ2n) is 6.48. The molecule has 0 saturated heterocycles. The third-order valence-electron chi connectivity index (χ3n) is 2.99. The van der Waals surface area contributed by atoms with Crippen LogP contribution in [0.3, 0.4) is 0 Å². The zero-order valence-electron chi connectivity index (χ0n) is 13.8. The molecule has 2 aromatic heterocycles. The summed E-state index contributed by atoms with van der Waals surface area (Å²) in [5.74, 6) is -0.873. The number of anilines is 1. The van der Waals surface area contributed by atoms with Crippen molar-refractivity contribution in [2.24, 2.45) is 0 Å². The molecule has 2 N–H and O–H groups in total. The number of nitrogens with zero attached hydrogens (tertiary/aromatic N) is 1. The van der Waals surface area contributed by atoms with E-state index >= 15 is 0 Å². The van der Waals surface area contributed by atoms with Crippen LogP contribution in [0.25, 0.3) is 10.2 Å². The van der Waals surface area contributed by atoms with Crippen LogP contribution in [0.1, 0.15) is 55.9 Å². The Balaban J connectivity index is 2.46. The second-order valence-corrected chi connectivity index (χ2v) is 7.48. The molecule has 1 amide bonds. The molecule has 0 radical (unpaired) electrons. The zero-order chi connectivity index (χ0) is 17.4. The number of carboxylic acid groups (broad SMARTS) is 1. The van der Waals surface area contributed by atoms with Gasteiger partial charge >= 0.3 is 12.1 Å². The number of pyridine rings is 1. The molecule has 0 spiro atoms. The van der Waals surface area contributed by atoms with Crippen molar-refractivity contribution in [1.29, 1.82) is 0 Å². The standard InChI is InChI=1S/C16H20N2O4S/c1-8(2)10-7-6-9-11(18-15(21)22-16(3,4)5)12(14(19)20)23-13(9)17-10/h6-8H,1-5H3,(H,18,21)(H,19,20). The summed E-state index contributed by atoms with van der Waals surface area (Å²) in [4.78, 5) is 28.6. The summed E-state index contributed by atoms with van der Waals surface area (Å²) >= 11 is 1.04. The first-order valence-electron chi connectivity index (χ1n) is 7.25. The molecule has 23 heavy (non-hydrogen) atoms. The minimum atomic E-state index is -1.11. The molecule has 7 heteroatoms. The van der Waals surface area contributed by atoms with Crippen LogP contribution in [0.2, 0.25) is 0 Å². The molecule has 0 aromatic carbocycles. The summed E-state index contributed by atoms with van der Waals surface area (Å²) < 4.78 is 5.20. The molecule has 0 fully saturated rings. The van der Waals surface area contributed by atoms with Crippen molar-refractivity contribution >= 4 is 39.3 Å². The Morgan fingerprint density at radius 2 is 1.96 bits per heavy atom. The molecule has 0 aliphatic carbocycles. The van der Waals surface area contributed by atoms with Gasteiger partial charge in [0.1, 0.15) is 15.3 Å². The van der Waals surface area contributed by atoms with Gasteiger partial charge in [0.2, 0.25) is 0 Å². The van der Waals surface area contributed by atoms with E-state index in [1.54, 1.807) is 26.8 Å². The third-order valence-corrected chi connectivity index (χ3v) is 4.08. The SMILES string of the molecule is CC(C)c1ccc2c(NC(=O)OC(C)(C)C)c(C(=O)O)sc2n1. The van der Waals surface area contributed by atoms with E-state index in [0.717, 1.165) is 17.0 Å². The number of hydrogen-bond donors (Lipinski definition) is 2. The van der Waals surface area contributed by atoms with E-state index < -0.39 is 17.7 Å². The number of carbonyl (C=O) groups excluding carboxylic acids is 1. The maximum Gasteiger partial charge on any atom is 0.412 e. The van der Waals surface area contributed by atoms with Gasteiger partial charge in [-0.3, -0.25) is 5.32 Å². The molecular weight excluding hydrogens is 316 g/mol. The summed E-state index contributed by atoms with van der Waals surface area (Å²) in [5, 5.41) is 12.5. The monoisotopic (exact) mass is 336 g/mol. The molecule has 2 heterocycles. The number of thiophene rings is 1. The normalized spacial score (nSPS) is 11.7. The maximum absolute atomic E-state index is 12.0. The Labute approximate surface area is 138 Å². The van der Waals surface area contributed by atoms with Gasteiger partial charge < -0.3 is 9.84 Å². The first-order chi connectivity index (χ1) is 10.6. The van der Waals surface area contributed by atoms with Crippen LogP contribution < -0.4 is 5.32 Å². The van der Waals surface area contributed by atoms with Crippen molar-refractivity contribution in [2.75, 3.05) is 5.32 Å². The van der Waals surface area contributed by atoms with Crippen LogP contribution in [-0.2, 0) is 4.74 Å². The average Bonchev–Trinajstić information content (AvgIpc) is 2.74. The minimum absolute atomic E-state index is 0.0410. The molecule has 0 bridgehead atoms. The fourth-order valence-electron chi connectivity index (χ4n) is 1.99. The summed E-state index contributed by atoms with van der Waals surface area (Å²) in [7, 11) is 0. The lowest BCUT2D eigenvalue weighted by atomic mass is 10.1. The highest BCUT2D eigenvalue weighted by molar-refractivity contribution is 7.21. The quantitative estimate of drug-likeness (QED) is 0.863. The number of aromatic nitrogens is 1. The van der Waals surface area contributed by atoms with Gasteiger partial charge in [-0.05, 0) is 38.8 Å². The number of carbonyl (C=O) groups is 2. The van der Waals surface area contributed by atoms with Crippen LogP contribution >= 0.6 is 11.3 Å². The zero-order valence-corrected chi connectivity index (χ0v) is 14.6. The molecule has 2 aromatic rings. The Bertz CT molecular complexity index is 759. The fourth-order valence-corrected chi connectivity index (χ4v) is 2.97. The average molecular weight is 336 g/mol. The van der Waals surface area contributed by atoms with E-state index in [-0.39, 0.29) is 16.5 Å². The summed E-state index contributed by atoms with van der Waals surface area (Å²) in [6, 6.07) is 3.62. The molecule has 124 valence electrons. The summed E-state index contributed by atoms with van der Waals surface area (Å²) in [6.07, 6.45) is -0.687. The molecule has 0 saturated carbocycles. The van der Waals surface area contributed by atoms with E-state index in [1.807, 2.05) is 19.9 Å². The Hall–Kier alpha value is -2.15. The smallest absolute Gasteiger partial charge is 0.412 e. The van der Waals surface area contributed by atoms with Crippen LogP contribution in [0.5, 0.6) is 0 Å². The minimum Gasteiger partial charge on any atom is -0.477 e. The van der Waals surface area contributed by atoms with Crippen molar-refractivity contribution in [3.63, 3.8) is 0 Å². The third kappa shape index (κ3) is 3.98. The van der Waals surface area contributed by atoms with E-state index in [9.17, 15) is 14.7 Å². The lowest BCUT2D eigenvalue weighted by Crippen LogP contribution is -2.27. The van der Waals surface area contributed by atoms with Crippen molar-refractivity contribution in [1.82, 2.24) is 4.98 Å². The largest absolute Gasteiger partial charge is 0.477 e. The van der Waals surface area contributed by atoms with Crippen molar-refractivity contribution in [2.45, 2.75) is 46.1 Å².